The van der Waals surface area contributed by atoms with Crippen LogP contribution >= 0.6 is 46.4 Å². The maximum atomic E-state index is 13.8. The van der Waals surface area contributed by atoms with Crippen LogP contribution in [0.15, 0.2) is 48.7 Å². The first-order valence-electron chi connectivity index (χ1n) is 11.9. The van der Waals surface area contributed by atoms with Crippen molar-refractivity contribution in [1.29, 1.82) is 0 Å². The van der Waals surface area contributed by atoms with Gasteiger partial charge >= 0.3 is 5.97 Å². The Labute approximate surface area is 234 Å². The number of esters is 1. The molecule has 3 aromatic heterocycles. The summed E-state index contributed by atoms with van der Waals surface area (Å²) >= 11 is 26.8. The van der Waals surface area contributed by atoms with E-state index in [-0.39, 0.29) is 25.7 Å². The Hall–Kier alpha value is -2.63. The lowest BCUT2D eigenvalue weighted by Crippen LogP contribution is -2.33. The summed E-state index contributed by atoms with van der Waals surface area (Å²) in [5.74, 6) is -0.601. The molecule has 0 saturated heterocycles. The summed E-state index contributed by atoms with van der Waals surface area (Å²) in [7, 11) is 0. The van der Waals surface area contributed by atoms with E-state index in [2.05, 4.69) is 28.9 Å². The van der Waals surface area contributed by atoms with Crippen LogP contribution in [0.2, 0.25) is 20.1 Å². The summed E-state index contributed by atoms with van der Waals surface area (Å²) in [4.78, 5) is 13.8. The maximum absolute atomic E-state index is 13.8. The third-order valence-electron chi connectivity index (χ3n) is 7.70. The van der Waals surface area contributed by atoms with Gasteiger partial charge in [0.25, 0.3) is 0 Å². The third kappa shape index (κ3) is 3.01. The third-order valence-corrected chi connectivity index (χ3v) is 9.51. The largest absolute Gasteiger partial charge is 0.439 e. The molecule has 188 valence electrons. The Morgan fingerprint density at radius 1 is 0.811 bits per heavy atom. The predicted molar refractivity (Wildman–Crippen MR) is 151 cm³/mol. The minimum Gasteiger partial charge on any atom is -0.439 e. The van der Waals surface area contributed by atoms with Gasteiger partial charge in [-0.1, -0.05) is 70.7 Å². The Morgan fingerprint density at radius 2 is 1.46 bits per heavy atom. The van der Waals surface area contributed by atoms with Gasteiger partial charge in [-0.15, -0.1) is 0 Å². The molecule has 6 rings (SSSR count). The molecule has 37 heavy (non-hydrogen) atoms. The van der Waals surface area contributed by atoms with Crippen molar-refractivity contribution in [3.8, 4) is 0 Å². The predicted octanol–water partition coefficient (Wildman–Crippen LogP) is 8.92. The molecule has 4 nitrogen and oxygen atoms in total. The van der Waals surface area contributed by atoms with Crippen LogP contribution in [0.1, 0.15) is 50.9 Å². The van der Waals surface area contributed by atoms with Crippen molar-refractivity contribution in [3.05, 3.63) is 108 Å². The van der Waals surface area contributed by atoms with Crippen LogP contribution in [-0.4, -0.2) is 14.9 Å². The number of aromatic nitrogens is 2. The molecule has 2 aromatic carbocycles. The SMILES string of the molecule is CCn1c(C)c(C2(c3c(C)c(C)c4ccccn34)OC(=O)c3c(Cl)c(Cl)c(Cl)c(Cl)c32)c2ccccc21. The highest BCUT2D eigenvalue weighted by molar-refractivity contribution is 6.53. The van der Waals surface area contributed by atoms with Crippen LogP contribution in [0.4, 0.5) is 0 Å². The molecule has 0 radical (unpaired) electrons. The number of rotatable bonds is 3. The maximum Gasteiger partial charge on any atom is 0.341 e. The van der Waals surface area contributed by atoms with Crippen LogP contribution in [-0.2, 0) is 16.9 Å². The van der Waals surface area contributed by atoms with Gasteiger partial charge in [0, 0.05) is 46.0 Å². The number of hydrogen-bond donors (Lipinski definition) is 0. The molecule has 0 bridgehead atoms. The number of benzene rings is 2. The fourth-order valence-corrected chi connectivity index (χ4v) is 7.13. The van der Waals surface area contributed by atoms with E-state index in [1.807, 2.05) is 56.4 Å². The number of hydrogen-bond acceptors (Lipinski definition) is 2. The van der Waals surface area contributed by atoms with E-state index in [1.54, 1.807) is 0 Å². The van der Waals surface area contributed by atoms with Crippen LogP contribution in [0.25, 0.3) is 16.4 Å². The van der Waals surface area contributed by atoms with Gasteiger partial charge in [0.05, 0.1) is 31.3 Å². The molecule has 0 saturated carbocycles. The summed E-state index contributed by atoms with van der Waals surface area (Å²) < 4.78 is 10.8. The van der Waals surface area contributed by atoms with Gasteiger partial charge < -0.3 is 13.7 Å². The lowest BCUT2D eigenvalue weighted by molar-refractivity contribution is 0.0237. The van der Waals surface area contributed by atoms with E-state index in [0.29, 0.717) is 5.56 Å². The van der Waals surface area contributed by atoms with Crippen molar-refractivity contribution in [1.82, 2.24) is 8.97 Å². The number of nitrogens with zero attached hydrogens (tertiary/aromatic N) is 2. The molecule has 5 aromatic rings. The van der Waals surface area contributed by atoms with Gasteiger partial charge in [0.15, 0.2) is 0 Å². The van der Waals surface area contributed by atoms with Gasteiger partial charge in [-0.25, -0.2) is 4.79 Å². The number of ether oxygens (including phenoxy) is 1. The van der Waals surface area contributed by atoms with Crippen molar-refractivity contribution in [2.75, 3.05) is 0 Å². The van der Waals surface area contributed by atoms with Crippen molar-refractivity contribution < 1.29 is 9.53 Å². The molecular weight excluding hydrogens is 550 g/mol. The van der Waals surface area contributed by atoms with E-state index < -0.39 is 11.6 Å². The molecule has 1 unspecified atom stereocenters. The molecular formula is C29H22Cl4N2O2. The van der Waals surface area contributed by atoms with E-state index in [0.717, 1.165) is 51.0 Å². The Bertz CT molecular complexity index is 1800. The zero-order chi connectivity index (χ0) is 26.4. The monoisotopic (exact) mass is 570 g/mol. The van der Waals surface area contributed by atoms with Gasteiger partial charge in [-0.2, -0.15) is 0 Å². The van der Waals surface area contributed by atoms with E-state index in [9.17, 15) is 4.79 Å². The number of pyridine rings is 1. The van der Waals surface area contributed by atoms with E-state index in [1.165, 1.54) is 0 Å². The van der Waals surface area contributed by atoms with Crippen LogP contribution in [0, 0.1) is 20.8 Å². The molecule has 1 aliphatic rings. The van der Waals surface area contributed by atoms with E-state index in [4.69, 9.17) is 51.1 Å². The normalized spacial score (nSPS) is 17.1. The lowest BCUT2D eigenvalue weighted by Gasteiger charge is -2.32. The Morgan fingerprint density at radius 3 is 2.19 bits per heavy atom. The smallest absolute Gasteiger partial charge is 0.341 e. The number of fused-ring (bicyclic) bond motifs is 3. The molecule has 0 spiro atoms. The Balaban J connectivity index is 1.93. The number of aryl methyl sites for hydroxylation is 2. The second-order valence-electron chi connectivity index (χ2n) is 9.35. The molecule has 0 N–H and O–H groups in total. The molecule has 8 heteroatoms. The van der Waals surface area contributed by atoms with Crippen LogP contribution in [0.3, 0.4) is 0 Å². The number of carbonyl (C=O) groups excluding carboxylic acids is 1. The number of carbonyl (C=O) groups is 1. The molecule has 0 fully saturated rings. The first-order chi connectivity index (χ1) is 17.7. The highest BCUT2D eigenvalue weighted by atomic mass is 35.5. The van der Waals surface area contributed by atoms with Crippen molar-refractivity contribution >= 4 is 68.8 Å². The minimum absolute atomic E-state index is 0.0282. The van der Waals surface area contributed by atoms with Gasteiger partial charge in [0.2, 0.25) is 5.60 Å². The van der Waals surface area contributed by atoms with Crippen molar-refractivity contribution in [2.45, 2.75) is 39.8 Å². The first-order valence-corrected chi connectivity index (χ1v) is 13.4. The van der Waals surface area contributed by atoms with E-state index >= 15 is 0 Å². The van der Waals surface area contributed by atoms with Crippen LogP contribution in [0.5, 0.6) is 0 Å². The standard InChI is InChI=1S/C29H22Cl4N2O2/c1-5-34-16(4)21(17-10-6-7-12-19(17)34)29(27-15(3)14(2)18-11-8-9-13-35(18)27)22-20(28(36)37-29)23(30)25(32)26(33)24(22)31/h6-13H,5H2,1-4H3. The fourth-order valence-electron chi connectivity index (χ4n) is 6.07. The fraction of sp³-hybridized carbons (Fsp3) is 0.207. The second-order valence-corrected chi connectivity index (χ2v) is 10.9. The Kier molecular flexibility index (Phi) is 5.63. The van der Waals surface area contributed by atoms with Crippen molar-refractivity contribution in [3.63, 3.8) is 0 Å². The second kappa shape index (κ2) is 8.44. The highest BCUT2D eigenvalue weighted by Gasteiger charge is 2.56. The number of para-hydroxylation sites is 1. The lowest BCUT2D eigenvalue weighted by atomic mass is 9.79. The number of halogens is 4. The molecule has 0 aliphatic carbocycles. The summed E-state index contributed by atoms with van der Waals surface area (Å²) in [5, 5.41) is 1.24. The minimum atomic E-state index is -1.44. The highest BCUT2D eigenvalue weighted by Crippen LogP contribution is 2.58. The first kappa shape index (κ1) is 24.7. The van der Waals surface area contributed by atoms with Gasteiger partial charge in [-0.05, 0) is 57.0 Å². The summed E-state index contributed by atoms with van der Waals surface area (Å²) in [6.45, 7) is 8.95. The average Bonchev–Trinajstić information content (AvgIpc) is 3.46. The van der Waals surface area contributed by atoms with Crippen LogP contribution < -0.4 is 0 Å². The molecule has 1 atom stereocenters. The van der Waals surface area contributed by atoms with Gasteiger partial charge in [-0.3, -0.25) is 0 Å². The number of cyclic esters (lactones) is 1. The average molecular weight is 572 g/mol. The summed E-state index contributed by atoms with van der Waals surface area (Å²) in [6.07, 6.45) is 1.97. The molecule has 1 aliphatic heterocycles. The topological polar surface area (TPSA) is 35.6 Å². The quantitative estimate of drug-likeness (QED) is 0.123. The van der Waals surface area contributed by atoms with Crippen molar-refractivity contribution in [2.24, 2.45) is 0 Å². The zero-order valence-corrected chi connectivity index (χ0v) is 23.6. The summed E-state index contributed by atoms with van der Waals surface area (Å²) in [5.41, 5.74) is 5.71. The van der Waals surface area contributed by atoms with Gasteiger partial charge in [0.1, 0.15) is 0 Å². The zero-order valence-electron chi connectivity index (χ0n) is 20.5. The molecule has 4 heterocycles. The molecule has 0 amide bonds. The summed E-state index contributed by atoms with van der Waals surface area (Å²) in [6, 6.07) is 14.1.